The summed E-state index contributed by atoms with van der Waals surface area (Å²) in [5, 5.41) is 5.38. The Kier molecular flexibility index (Phi) is 4.38. The van der Waals surface area contributed by atoms with E-state index in [1.807, 2.05) is 0 Å². The summed E-state index contributed by atoms with van der Waals surface area (Å²) >= 11 is 0. The molecular weight excluding hydrogens is 209 g/mol. The van der Waals surface area contributed by atoms with Crippen molar-refractivity contribution in [2.75, 3.05) is 13.1 Å². The Balaban J connectivity index is 2.08. The predicted molar refractivity (Wildman–Crippen MR) is 49.3 cm³/mol. The molecule has 88 valence electrons. The van der Waals surface area contributed by atoms with Crippen LogP contribution in [0, 0.1) is 0 Å². The molecule has 0 saturated carbocycles. The predicted octanol–water partition coefficient (Wildman–Crippen LogP) is 1.20. The zero-order valence-electron chi connectivity index (χ0n) is 8.36. The van der Waals surface area contributed by atoms with Gasteiger partial charge in [0.1, 0.15) is 0 Å². The molecule has 0 aromatic heterocycles. The minimum atomic E-state index is -4.20. The van der Waals surface area contributed by atoms with E-state index in [0.717, 1.165) is 19.4 Å². The third-order valence-corrected chi connectivity index (χ3v) is 2.32. The Morgan fingerprint density at radius 3 is 2.73 bits per heavy atom. The first kappa shape index (κ1) is 12.3. The SMILES string of the molecule is O=C(CC1CCCN1)NCCC(F)(F)F. The number of nitrogens with one attached hydrogen (secondary N) is 2. The van der Waals surface area contributed by atoms with Crippen molar-refractivity contribution >= 4 is 5.91 Å². The van der Waals surface area contributed by atoms with Gasteiger partial charge in [0, 0.05) is 19.0 Å². The molecule has 1 amide bonds. The zero-order valence-corrected chi connectivity index (χ0v) is 8.36. The Morgan fingerprint density at radius 2 is 2.20 bits per heavy atom. The van der Waals surface area contributed by atoms with Crippen LogP contribution in [0.2, 0.25) is 0 Å². The molecule has 0 radical (unpaired) electrons. The number of hydrogen-bond donors (Lipinski definition) is 2. The number of amides is 1. The van der Waals surface area contributed by atoms with Gasteiger partial charge in [0.15, 0.2) is 0 Å². The lowest BCUT2D eigenvalue weighted by Crippen LogP contribution is -2.33. The zero-order chi connectivity index (χ0) is 11.3. The van der Waals surface area contributed by atoms with Crippen LogP contribution in [-0.2, 0) is 4.79 Å². The van der Waals surface area contributed by atoms with Gasteiger partial charge in [-0.25, -0.2) is 0 Å². The first-order valence-corrected chi connectivity index (χ1v) is 5.04. The lowest BCUT2D eigenvalue weighted by Gasteiger charge is -2.11. The van der Waals surface area contributed by atoms with Gasteiger partial charge in [-0.1, -0.05) is 0 Å². The van der Waals surface area contributed by atoms with Crippen molar-refractivity contribution in [2.45, 2.75) is 37.9 Å². The van der Waals surface area contributed by atoms with Crippen LogP contribution >= 0.6 is 0 Å². The summed E-state index contributed by atoms with van der Waals surface area (Å²) in [6.45, 7) is 0.565. The maximum Gasteiger partial charge on any atom is 0.390 e. The highest BCUT2D eigenvalue weighted by Gasteiger charge is 2.26. The minimum absolute atomic E-state index is 0.135. The number of hydrogen-bond acceptors (Lipinski definition) is 2. The summed E-state index contributed by atoms with van der Waals surface area (Å²) in [5.41, 5.74) is 0. The van der Waals surface area contributed by atoms with Gasteiger partial charge in [-0.2, -0.15) is 13.2 Å². The standard InChI is InChI=1S/C9H15F3N2O/c10-9(11,12)3-5-14-8(15)6-7-2-1-4-13-7/h7,13H,1-6H2,(H,14,15). The van der Waals surface area contributed by atoms with Crippen LogP contribution in [0.1, 0.15) is 25.7 Å². The van der Waals surface area contributed by atoms with Gasteiger partial charge < -0.3 is 10.6 Å². The van der Waals surface area contributed by atoms with E-state index in [0.29, 0.717) is 0 Å². The van der Waals surface area contributed by atoms with Crippen molar-refractivity contribution in [2.24, 2.45) is 0 Å². The fourth-order valence-electron chi connectivity index (χ4n) is 1.57. The molecule has 1 rings (SSSR count). The Hall–Kier alpha value is -0.780. The molecule has 0 aromatic rings. The highest BCUT2D eigenvalue weighted by Crippen LogP contribution is 2.18. The van der Waals surface area contributed by atoms with E-state index in [4.69, 9.17) is 0 Å². The van der Waals surface area contributed by atoms with Crippen LogP contribution in [0.25, 0.3) is 0 Å². The van der Waals surface area contributed by atoms with Crippen LogP contribution in [0.3, 0.4) is 0 Å². The molecule has 15 heavy (non-hydrogen) atoms. The molecule has 0 aromatic carbocycles. The Morgan fingerprint density at radius 1 is 1.47 bits per heavy atom. The molecule has 1 unspecified atom stereocenters. The molecule has 0 bridgehead atoms. The molecule has 1 heterocycles. The summed E-state index contributed by atoms with van der Waals surface area (Å²) in [4.78, 5) is 11.2. The monoisotopic (exact) mass is 224 g/mol. The van der Waals surface area contributed by atoms with Crippen LogP contribution < -0.4 is 10.6 Å². The quantitative estimate of drug-likeness (QED) is 0.753. The summed E-state index contributed by atoms with van der Waals surface area (Å²) in [7, 11) is 0. The van der Waals surface area contributed by atoms with Crippen molar-refractivity contribution in [3.05, 3.63) is 0 Å². The largest absolute Gasteiger partial charge is 0.390 e. The number of halogens is 3. The summed E-state index contributed by atoms with van der Waals surface area (Å²) in [6, 6.07) is 0.135. The average Bonchev–Trinajstić information content (AvgIpc) is 2.54. The molecule has 0 spiro atoms. The minimum Gasteiger partial charge on any atom is -0.356 e. The lowest BCUT2D eigenvalue weighted by molar-refractivity contribution is -0.135. The second-order valence-electron chi connectivity index (χ2n) is 3.71. The molecule has 1 saturated heterocycles. The van der Waals surface area contributed by atoms with Crippen molar-refractivity contribution in [3.63, 3.8) is 0 Å². The maximum absolute atomic E-state index is 11.7. The molecule has 2 N–H and O–H groups in total. The van der Waals surface area contributed by atoms with Crippen LogP contribution in [0.4, 0.5) is 13.2 Å². The van der Waals surface area contributed by atoms with E-state index in [1.165, 1.54) is 0 Å². The van der Waals surface area contributed by atoms with E-state index in [9.17, 15) is 18.0 Å². The maximum atomic E-state index is 11.7. The third-order valence-electron chi connectivity index (χ3n) is 2.32. The van der Waals surface area contributed by atoms with Crippen molar-refractivity contribution in [1.82, 2.24) is 10.6 Å². The highest BCUT2D eigenvalue weighted by atomic mass is 19.4. The van der Waals surface area contributed by atoms with Gasteiger partial charge in [0.25, 0.3) is 0 Å². The van der Waals surface area contributed by atoms with Gasteiger partial charge in [-0.15, -0.1) is 0 Å². The number of rotatable bonds is 4. The summed E-state index contributed by atoms with van der Waals surface area (Å²) in [6.07, 6.45) is -2.93. The molecule has 1 fully saturated rings. The van der Waals surface area contributed by atoms with E-state index < -0.39 is 12.6 Å². The van der Waals surface area contributed by atoms with Crippen LogP contribution in [0.15, 0.2) is 0 Å². The topological polar surface area (TPSA) is 41.1 Å². The molecule has 6 heteroatoms. The van der Waals surface area contributed by atoms with Gasteiger partial charge >= 0.3 is 6.18 Å². The van der Waals surface area contributed by atoms with Gasteiger partial charge in [-0.05, 0) is 19.4 Å². The Bertz CT molecular complexity index is 212. The van der Waals surface area contributed by atoms with Crippen molar-refractivity contribution in [3.8, 4) is 0 Å². The van der Waals surface area contributed by atoms with E-state index in [1.54, 1.807) is 0 Å². The highest BCUT2D eigenvalue weighted by molar-refractivity contribution is 5.76. The van der Waals surface area contributed by atoms with Gasteiger partial charge in [0.2, 0.25) is 5.91 Å². The average molecular weight is 224 g/mol. The molecule has 3 nitrogen and oxygen atoms in total. The van der Waals surface area contributed by atoms with Gasteiger partial charge in [0.05, 0.1) is 6.42 Å². The second kappa shape index (κ2) is 5.34. The number of carbonyl (C=O) groups is 1. The second-order valence-corrected chi connectivity index (χ2v) is 3.71. The lowest BCUT2D eigenvalue weighted by atomic mass is 10.1. The first-order chi connectivity index (χ1) is 6.97. The summed E-state index contributed by atoms with van der Waals surface area (Å²) in [5.74, 6) is -0.307. The van der Waals surface area contributed by atoms with Crippen molar-refractivity contribution in [1.29, 1.82) is 0 Å². The fraction of sp³-hybridized carbons (Fsp3) is 0.889. The Labute approximate surface area is 86.4 Å². The van der Waals surface area contributed by atoms with E-state index in [-0.39, 0.29) is 24.9 Å². The summed E-state index contributed by atoms with van der Waals surface area (Å²) < 4.78 is 35.2. The molecule has 0 aliphatic carbocycles. The fourth-order valence-corrected chi connectivity index (χ4v) is 1.57. The number of alkyl halides is 3. The third kappa shape index (κ3) is 5.61. The molecule has 1 aliphatic rings. The van der Waals surface area contributed by atoms with Crippen LogP contribution in [0.5, 0.6) is 0 Å². The molecule has 1 aliphatic heterocycles. The molecule has 1 atom stereocenters. The molecular formula is C9H15F3N2O. The normalized spacial score (nSPS) is 21.7. The van der Waals surface area contributed by atoms with Crippen LogP contribution in [-0.4, -0.2) is 31.2 Å². The smallest absolute Gasteiger partial charge is 0.356 e. The van der Waals surface area contributed by atoms with Crippen molar-refractivity contribution < 1.29 is 18.0 Å². The van der Waals surface area contributed by atoms with E-state index >= 15 is 0 Å². The number of carbonyl (C=O) groups excluding carboxylic acids is 1. The first-order valence-electron chi connectivity index (χ1n) is 5.04. The van der Waals surface area contributed by atoms with Gasteiger partial charge in [-0.3, -0.25) is 4.79 Å². The van der Waals surface area contributed by atoms with E-state index in [2.05, 4.69) is 10.6 Å².